The molecule has 0 bridgehead atoms. The maximum absolute atomic E-state index is 13.3. The van der Waals surface area contributed by atoms with E-state index in [4.69, 9.17) is 15.2 Å². The highest BCUT2D eigenvalue weighted by Crippen LogP contribution is 2.45. The Bertz CT molecular complexity index is 1060. The first-order chi connectivity index (χ1) is 15.5. The van der Waals surface area contributed by atoms with Gasteiger partial charge in [0.1, 0.15) is 12.2 Å². The zero-order chi connectivity index (χ0) is 24.0. The zero-order valence-corrected chi connectivity index (χ0v) is 18.9. The fourth-order valence-corrected chi connectivity index (χ4v) is 4.69. The molecule has 1 amide bonds. The van der Waals surface area contributed by atoms with E-state index in [-0.39, 0.29) is 25.5 Å². The summed E-state index contributed by atoms with van der Waals surface area (Å²) in [4.78, 5) is 39.4. The van der Waals surface area contributed by atoms with Gasteiger partial charge < -0.3 is 20.3 Å². The van der Waals surface area contributed by atoms with Gasteiger partial charge in [0.05, 0.1) is 0 Å². The smallest absolute Gasteiger partial charge is 0.411 e. The van der Waals surface area contributed by atoms with Crippen LogP contribution in [0.2, 0.25) is 0 Å². The zero-order valence-electron chi connectivity index (χ0n) is 18.9. The Morgan fingerprint density at radius 1 is 1.06 bits per heavy atom. The number of rotatable bonds is 4. The summed E-state index contributed by atoms with van der Waals surface area (Å²) < 4.78 is 11.0. The van der Waals surface area contributed by atoms with Crippen molar-refractivity contribution in [2.45, 2.75) is 50.3 Å². The van der Waals surface area contributed by atoms with Gasteiger partial charge in [-0.3, -0.25) is 4.90 Å². The molecule has 3 N–H and O–H groups in total. The molecule has 1 saturated heterocycles. The van der Waals surface area contributed by atoms with Crippen LogP contribution in [0.25, 0.3) is 11.1 Å². The molecular formula is C25H28N2O6. The van der Waals surface area contributed by atoms with Crippen molar-refractivity contribution in [3.8, 4) is 11.1 Å². The number of aliphatic carboxylic acids is 1. The number of amides is 1. The minimum absolute atomic E-state index is 0.0563. The molecule has 8 nitrogen and oxygen atoms in total. The third-order valence-corrected chi connectivity index (χ3v) is 6.08. The lowest BCUT2D eigenvalue weighted by Crippen LogP contribution is -2.60. The van der Waals surface area contributed by atoms with Crippen LogP contribution in [-0.4, -0.2) is 58.4 Å². The Kier molecular flexibility index (Phi) is 5.66. The molecule has 2 aromatic carbocycles. The van der Waals surface area contributed by atoms with Crippen LogP contribution < -0.4 is 5.73 Å². The maximum Gasteiger partial charge on any atom is 0.411 e. The minimum atomic E-state index is -2.24. The number of carboxylic acids is 1. The lowest BCUT2D eigenvalue weighted by Gasteiger charge is -2.34. The predicted octanol–water partition coefficient (Wildman–Crippen LogP) is 3.13. The molecule has 8 heteroatoms. The van der Waals surface area contributed by atoms with Crippen LogP contribution in [0.15, 0.2) is 48.5 Å². The molecule has 2 aliphatic rings. The average molecular weight is 453 g/mol. The van der Waals surface area contributed by atoms with E-state index < -0.39 is 35.2 Å². The summed E-state index contributed by atoms with van der Waals surface area (Å²) >= 11 is 0. The highest BCUT2D eigenvalue weighted by Gasteiger charge is 2.61. The van der Waals surface area contributed by atoms with Crippen LogP contribution in [0.1, 0.15) is 44.2 Å². The van der Waals surface area contributed by atoms with Crippen molar-refractivity contribution in [3.05, 3.63) is 59.7 Å². The van der Waals surface area contributed by atoms with Crippen LogP contribution in [0, 0.1) is 0 Å². The molecular weight excluding hydrogens is 424 g/mol. The number of carbonyl (C=O) groups excluding carboxylic acids is 2. The molecule has 0 radical (unpaired) electrons. The second kappa shape index (κ2) is 8.19. The van der Waals surface area contributed by atoms with Crippen molar-refractivity contribution >= 4 is 18.0 Å². The highest BCUT2D eigenvalue weighted by molar-refractivity contribution is 6.07. The largest absolute Gasteiger partial charge is 0.479 e. The summed E-state index contributed by atoms with van der Waals surface area (Å²) in [5.41, 5.74) is 7.02. The third-order valence-electron chi connectivity index (χ3n) is 6.08. The first-order valence-corrected chi connectivity index (χ1v) is 10.9. The van der Waals surface area contributed by atoms with Gasteiger partial charge in [-0.05, 0) is 43.0 Å². The van der Waals surface area contributed by atoms with Crippen molar-refractivity contribution in [1.29, 1.82) is 0 Å². The number of fused-ring (bicyclic) bond motifs is 3. The Morgan fingerprint density at radius 3 is 2.12 bits per heavy atom. The summed E-state index contributed by atoms with van der Waals surface area (Å²) in [5, 5.41) is 10.1. The van der Waals surface area contributed by atoms with E-state index >= 15 is 0 Å². The van der Waals surface area contributed by atoms with E-state index in [1.807, 2.05) is 48.5 Å². The molecule has 1 heterocycles. The number of nitrogens with zero attached hydrogens (tertiary/aromatic N) is 1. The number of carbonyl (C=O) groups is 3. The molecule has 2 atom stereocenters. The number of likely N-dealkylation sites (tertiary alicyclic amines) is 1. The van der Waals surface area contributed by atoms with E-state index in [0.29, 0.717) is 0 Å². The van der Waals surface area contributed by atoms with E-state index in [9.17, 15) is 19.5 Å². The molecule has 0 saturated carbocycles. The van der Waals surface area contributed by atoms with Gasteiger partial charge in [-0.1, -0.05) is 48.5 Å². The summed E-state index contributed by atoms with van der Waals surface area (Å²) in [5.74, 6) is -2.74. The average Bonchev–Trinajstić information content (AvgIpc) is 3.27. The lowest BCUT2D eigenvalue weighted by atomic mass is 9.94. The van der Waals surface area contributed by atoms with Crippen LogP contribution in [-0.2, 0) is 19.1 Å². The second-order valence-electron chi connectivity index (χ2n) is 9.55. The first-order valence-electron chi connectivity index (χ1n) is 10.9. The fraction of sp³-hybridized carbons (Fsp3) is 0.400. The predicted molar refractivity (Wildman–Crippen MR) is 121 cm³/mol. The summed E-state index contributed by atoms with van der Waals surface area (Å²) in [6.07, 6.45) is -1.16. The van der Waals surface area contributed by atoms with Crippen molar-refractivity contribution in [3.63, 3.8) is 0 Å². The van der Waals surface area contributed by atoms with Crippen molar-refractivity contribution < 1.29 is 29.0 Å². The number of hydrogen-bond donors (Lipinski definition) is 2. The Hall–Kier alpha value is -3.39. The topological polar surface area (TPSA) is 119 Å². The molecule has 33 heavy (non-hydrogen) atoms. The van der Waals surface area contributed by atoms with Crippen molar-refractivity contribution in [1.82, 2.24) is 4.90 Å². The number of esters is 1. The van der Waals surface area contributed by atoms with Crippen LogP contribution in [0.3, 0.4) is 0 Å². The van der Waals surface area contributed by atoms with Gasteiger partial charge in [0.2, 0.25) is 5.54 Å². The Balaban J connectivity index is 1.61. The molecule has 2 aromatic rings. The molecule has 1 aliphatic carbocycles. The number of ether oxygens (including phenoxy) is 2. The van der Waals surface area contributed by atoms with Gasteiger partial charge >= 0.3 is 18.0 Å². The second-order valence-corrected chi connectivity index (χ2v) is 9.55. The van der Waals surface area contributed by atoms with Gasteiger partial charge in [-0.15, -0.1) is 0 Å². The van der Waals surface area contributed by atoms with E-state index in [0.717, 1.165) is 27.2 Å². The maximum atomic E-state index is 13.3. The molecule has 0 aromatic heterocycles. The van der Waals surface area contributed by atoms with E-state index in [2.05, 4.69) is 0 Å². The third kappa shape index (κ3) is 3.95. The number of benzene rings is 2. The number of nitrogens with two attached hydrogens (primary N) is 1. The first kappa shape index (κ1) is 22.8. The summed E-state index contributed by atoms with van der Waals surface area (Å²) in [6.45, 7) is 4.81. The SMILES string of the molecule is CC(C)(C)OC(=O)N1C[C@@H](N)C[C@]1(C(=O)O)C(=O)OCC1c2ccccc2-c2ccccc21. The Labute approximate surface area is 192 Å². The molecule has 4 rings (SSSR count). The molecule has 0 unspecified atom stereocenters. The van der Waals surface area contributed by atoms with Gasteiger partial charge in [-0.2, -0.15) is 0 Å². The van der Waals surface area contributed by atoms with Gasteiger partial charge in [0.25, 0.3) is 0 Å². The number of hydrogen-bond acceptors (Lipinski definition) is 6. The highest BCUT2D eigenvalue weighted by atomic mass is 16.6. The van der Waals surface area contributed by atoms with Gasteiger partial charge in [-0.25, -0.2) is 14.4 Å². The van der Waals surface area contributed by atoms with Crippen molar-refractivity contribution in [2.75, 3.05) is 13.2 Å². The fourth-order valence-electron chi connectivity index (χ4n) is 4.69. The quantitative estimate of drug-likeness (QED) is 0.540. The summed E-state index contributed by atoms with van der Waals surface area (Å²) in [6, 6.07) is 15.0. The standard InChI is InChI=1S/C25H28N2O6/c1-24(2,3)33-23(31)27-13-15(26)12-25(27,21(28)29)22(30)32-14-20-18-10-6-4-8-16(18)17-9-5-7-11-19(17)20/h4-11,15,20H,12-14,26H2,1-3H3,(H,28,29)/t15-,25-/m0/s1. The van der Waals surface area contributed by atoms with E-state index in [1.54, 1.807) is 20.8 Å². The number of carboxylic acid groups (broad SMARTS) is 1. The molecule has 0 spiro atoms. The van der Waals surface area contributed by atoms with Gasteiger partial charge in [0.15, 0.2) is 0 Å². The van der Waals surface area contributed by atoms with E-state index in [1.165, 1.54) is 0 Å². The summed E-state index contributed by atoms with van der Waals surface area (Å²) in [7, 11) is 0. The van der Waals surface area contributed by atoms with Crippen LogP contribution in [0.5, 0.6) is 0 Å². The lowest BCUT2D eigenvalue weighted by molar-refractivity contribution is -0.169. The normalized spacial score (nSPS) is 21.9. The van der Waals surface area contributed by atoms with Crippen molar-refractivity contribution in [2.24, 2.45) is 5.73 Å². The minimum Gasteiger partial charge on any atom is -0.479 e. The molecule has 174 valence electrons. The van der Waals surface area contributed by atoms with Crippen LogP contribution >= 0.6 is 0 Å². The molecule has 1 aliphatic heterocycles. The van der Waals surface area contributed by atoms with Crippen LogP contribution in [0.4, 0.5) is 4.79 Å². The monoisotopic (exact) mass is 452 g/mol. The Morgan fingerprint density at radius 2 is 1.61 bits per heavy atom. The van der Waals surface area contributed by atoms with Gasteiger partial charge in [0, 0.05) is 24.9 Å². The molecule has 1 fully saturated rings.